The van der Waals surface area contributed by atoms with Crippen molar-refractivity contribution in [1.29, 1.82) is 0 Å². The van der Waals surface area contributed by atoms with E-state index >= 15 is 0 Å². The molecule has 0 aromatic heterocycles. The lowest BCUT2D eigenvalue weighted by molar-refractivity contribution is 0.208. The average Bonchev–Trinajstić information content (AvgIpc) is 2.59. The Balaban J connectivity index is 1.56. The van der Waals surface area contributed by atoms with Gasteiger partial charge in [-0.2, -0.15) is 0 Å². The van der Waals surface area contributed by atoms with E-state index in [9.17, 15) is 4.79 Å². The number of benzene rings is 2. The second-order valence-electron chi connectivity index (χ2n) is 6.20. The van der Waals surface area contributed by atoms with E-state index < -0.39 is 0 Å². The van der Waals surface area contributed by atoms with E-state index in [0.717, 1.165) is 41.9 Å². The molecular weight excluding hydrogens is 366 g/mol. The Hall–Kier alpha value is -2.01. The van der Waals surface area contributed by atoms with Crippen molar-refractivity contribution >= 4 is 33.3 Å². The molecule has 2 aromatic rings. The minimum atomic E-state index is -0.0330. The van der Waals surface area contributed by atoms with E-state index in [4.69, 9.17) is 0 Å². The fraction of sp³-hybridized carbons (Fsp3) is 0.316. The topological polar surface area (TPSA) is 35.6 Å². The van der Waals surface area contributed by atoms with E-state index in [1.54, 1.807) is 0 Å². The number of hydrogen-bond donors (Lipinski definition) is 1. The molecule has 1 fully saturated rings. The van der Waals surface area contributed by atoms with Crippen molar-refractivity contribution < 1.29 is 4.79 Å². The van der Waals surface area contributed by atoms with Crippen LogP contribution in [0.15, 0.2) is 46.9 Å². The number of hydrogen-bond acceptors (Lipinski definition) is 2. The van der Waals surface area contributed by atoms with Crippen LogP contribution in [0.4, 0.5) is 16.2 Å². The predicted octanol–water partition coefficient (Wildman–Crippen LogP) is 4.42. The molecule has 126 valence electrons. The molecule has 0 unspecified atom stereocenters. The van der Waals surface area contributed by atoms with Crippen molar-refractivity contribution in [1.82, 2.24) is 4.90 Å². The highest BCUT2D eigenvalue weighted by Crippen LogP contribution is 2.21. The van der Waals surface area contributed by atoms with Crippen molar-refractivity contribution in [3.63, 3.8) is 0 Å². The fourth-order valence-corrected chi connectivity index (χ4v) is 3.18. The summed E-state index contributed by atoms with van der Waals surface area (Å²) in [5.74, 6) is 0. The third kappa shape index (κ3) is 3.90. The van der Waals surface area contributed by atoms with Crippen molar-refractivity contribution in [2.75, 3.05) is 36.4 Å². The maximum Gasteiger partial charge on any atom is 0.321 e. The van der Waals surface area contributed by atoms with Gasteiger partial charge in [0.1, 0.15) is 0 Å². The molecule has 1 N–H and O–H groups in total. The smallest absolute Gasteiger partial charge is 0.321 e. The maximum atomic E-state index is 12.4. The van der Waals surface area contributed by atoms with Gasteiger partial charge in [0, 0.05) is 42.0 Å². The zero-order chi connectivity index (χ0) is 17.1. The monoisotopic (exact) mass is 387 g/mol. The van der Waals surface area contributed by atoms with Crippen LogP contribution >= 0.6 is 15.9 Å². The number of halogens is 1. The summed E-state index contributed by atoms with van der Waals surface area (Å²) in [4.78, 5) is 16.6. The number of urea groups is 1. The molecule has 2 amide bonds. The number of aryl methyl sites for hydroxylation is 2. The van der Waals surface area contributed by atoms with Crippen LogP contribution in [0.5, 0.6) is 0 Å². The van der Waals surface area contributed by atoms with Crippen LogP contribution in [0.3, 0.4) is 0 Å². The van der Waals surface area contributed by atoms with E-state index in [2.05, 4.69) is 57.3 Å². The summed E-state index contributed by atoms with van der Waals surface area (Å²) >= 11 is 3.50. The largest absolute Gasteiger partial charge is 0.368 e. The predicted molar refractivity (Wildman–Crippen MR) is 103 cm³/mol. The van der Waals surface area contributed by atoms with Gasteiger partial charge in [-0.25, -0.2) is 4.79 Å². The Kier molecular flexibility index (Phi) is 5.09. The molecule has 0 radical (unpaired) electrons. The van der Waals surface area contributed by atoms with E-state index in [1.165, 1.54) is 11.3 Å². The number of carbonyl (C=O) groups excluding carboxylic acids is 1. The summed E-state index contributed by atoms with van der Waals surface area (Å²) in [6, 6.07) is 14.4. The van der Waals surface area contributed by atoms with Gasteiger partial charge in [-0.3, -0.25) is 0 Å². The van der Waals surface area contributed by atoms with Crippen LogP contribution in [-0.4, -0.2) is 37.1 Å². The van der Waals surface area contributed by atoms with Crippen LogP contribution < -0.4 is 10.2 Å². The summed E-state index contributed by atoms with van der Waals surface area (Å²) in [5.41, 5.74) is 4.46. The SMILES string of the molecule is Cc1ccc(N2CCN(C(=O)Nc3ccc(C)c(Br)c3)CC2)cc1. The quantitative estimate of drug-likeness (QED) is 0.827. The molecule has 1 aliphatic rings. The van der Waals surface area contributed by atoms with Crippen LogP contribution in [0.25, 0.3) is 0 Å². The lowest BCUT2D eigenvalue weighted by Gasteiger charge is -2.36. The van der Waals surface area contributed by atoms with Crippen molar-refractivity contribution in [2.45, 2.75) is 13.8 Å². The fourth-order valence-electron chi connectivity index (χ4n) is 2.80. The zero-order valence-corrected chi connectivity index (χ0v) is 15.6. The van der Waals surface area contributed by atoms with Gasteiger partial charge in [-0.05, 0) is 43.7 Å². The van der Waals surface area contributed by atoms with Crippen molar-refractivity contribution in [2.24, 2.45) is 0 Å². The van der Waals surface area contributed by atoms with E-state index in [1.807, 2.05) is 30.0 Å². The summed E-state index contributed by atoms with van der Waals surface area (Å²) in [5, 5.41) is 2.98. The number of amides is 2. The molecule has 0 atom stereocenters. The van der Waals surface area contributed by atoms with Gasteiger partial charge in [0.2, 0.25) is 0 Å². The van der Waals surface area contributed by atoms with Crippen LogP contribution in [0.1, 0.15) is 11.1 Å². The van der Waals surface area contributed by atoms with Crippen LogP contribution in [0.2, 0.25) is 0 Å². The highest BCUT2D eigenvalue weighted by atomic mass is 79.9. The minimum Gasteiger partial charge on any atom is -0.368 e. The molecule has 3 rings (SSSR count). The number of anilines is 2. The number of rotatable bonds is 2. The van der Waals surface area contributed by atoms with Crippen LogP contribution in [0, 0.1) is 13.8 Å². The summed E-state index contributed by atoms with van der Waals surface area (Å²) in [7, 11) is 0. The molecule has 5 heteroatoms. The Morgan fingerprint density at radius 1 is 1.00 bits per heavy atom. The van der Waals surface area contributed by atoms with Crippen LogP contribution in [-0.2, 0) is 0 Å². The van der Waals surface area contributed by atoms with Gasteiger partial charge in [0.15, 0.2) is 0 Å². The molecule has 0 spiro atoms. The molecule has 4 nitrogen and oxygen atoms in total. The van der Waals surface area contributed by atoms with Gasteiger partial charge in [-0.1, -0.05) is 39.7 Å². The second kappa shape index (κ2) is 7.26. The number of nitrogens with one attached hydrogen (secondary N) is 1. The Bertz CT molecular complexity index is 722. The normalized spacial score (nSPS) is 14.6. The first-order chi connectivity index (χ1) is 11.5. The molecule has 0 saturated carbocycles. The lowest BCUT2D eigenvalue weighted by Crippen LogP contribution is -2.50. The summed E-state index contributed by atoms with van der Waals surface area (Å²) in [6.45, 7) is 7.29. The molecule has 0 bridgehead atoms. The molecule has 1 saturated heterocycles. The highest BCUT2D eigenvalue weighted by molar-refractivity contribution is 9.10. The Morgan fingerprint density at radius 2 is 1.67 bits per heavy atom. The minimum absolute atomic E-state index is 0.0330. The van der Waals surface area contributed by atoms with Crippen molar-refractivity contribution in [3.8, 4) is 0 Å². The Morgan fingerprint density at radius 3 is 2.29 bits per heavy atom. The van der Waals surface area contributed by atoms with Gasteiger partial charge in [0.25, 0.3) is 0 Å². The first kappa shape index (κ1) is 16.8. The molecule has 1 aliphatic heterocycles. The zero-order valence-electron chi connectivity index (χ0n) is 14.1. The lowest BCUT2D eigenvalue weighted by atomic mass is 10.2. The molecule has 24 heavy (non-hydrogen) atoms. The first-order valence-corrected chi connectivity index (χ1v) is 8.96. The second-order valence-corrected chi connectivity index (χ2v) is 7.06. The Labute approximate surface area is 151 Å². The molecular formula is C19H22BrN3O. The average molecular weight is 388 g/mol. The third-order valence-electron chi connectivity index (χ3n) is 4.39. The highest BCUT2D eigenvalue weighted by Gasteiger charge is 2.21. The van der Waals surface area contributed by atoms with Gasteiger partial charge in [-0.15, -0.1) is 0 Å². The molecule has 0 aliphatic carbocycles. The summed E-state index contributed by atoms with van der Waals surface area (Å²) in [6.07, 6.45) is 0. The van der Waals surface area contributed by atoms with Gasteiger partial charge in [0.05, 0.1) is 0 Å². The van der Waals surface area contributed by atoms with Crippen molar-refractivity contribution in [3.05, 3.63) is 58.1 Å². The summed E-state index contributed by atoms with van der Waals surface area (Å²) < 4.78 is 1.00. The van der Waals surface area contributed by atoms with Gasteiger partial charge >= 0.3 is 6.03 Å². The first-order valence-electron chi connectivity index (χ1n) is 8.16. The molecule has 2 aromatic carbocycles. The maximum absolute atomic E-state index is 12.4. The number of piperazine rings is 1. The standard InChI is InChI=1S/C19H22BrN3O/c1-14-3-7-17(8-4-14)22-9-11-23(12-10-22)19(24)21-16-6-5-15(2)18(20)13-16/h3-8,13H,9-12H2,1-2H3,(H,21,24). The third-order valence-corrected chi connectivity index (χ3v) is 5.24. The van der Waals surface area contributed by atoms with Gasteiger partial charge < -0.3 is 15.1 Å². The number of nitrogens with zero attached hydrogens (tertiary/aromatic N) is 2. The number of carbonyl (C=O) groups is 1. The van der Waals surface area contributed by atoms with E-state index in [-0.39, 0.29) is 6.03 Å². The molecule has 1 heterocycles. The van der Waals surface area contributed by atoms with E-state index in [0.29, 0.717) is 0 Å².